The normalized spacial score (nSPS) is 10.4. The smallest absolute Gasteiger partial charge is 0.240 e. The van der Waals surface area contributed by atoms with E-state index in [-0.39, 0.29) is 18.4 Å². The van der Waals surface area contributed by atoms with Crippen LogP contribution in [0.3, 0.4) is 0 Å². The standard InChI is InChI=1S/C18H17Cl3N2O2/c1-12(24)23(16-6-4-14(19)5-7-16)11-18(25)22-9-8-13-2-3-15(20)10-17(13)21/h2-7,10H,8-9,11H2,1H3,(H,22,25). The molecular formula is C18H17Cl3N2O2. The van der Waals surface area contributed by atoms with Crippen molar-refractivity contribution < 1.29 is 9.59 Å². The van der Waals surface area contributed by atoms with E-state index in [1.165, 1.54) is 11.8 Å². The van der Waals surface area contributed by atoms with Gasteiger partial charge < -0.3 is 10.2 Å². The first-order valence-corrected chi connectivity index (χ1v) is 8.74. The predicted molar refractivity (Wildman–Crippen MR) is 103 cm³/mol. The number of carbonyl (C=O) groups excluding carboxylic acids is 2. The highest BCUT2D eigenvalue weighted by atomic mass is 35.5. The molecule has 2 aromatic rings. The highest BCUT2D eigenvalue weighted by Gasteiger charge is 2.15. The van der Waals surface area contributed by atoms with E-state index in [1.807, 2.05) is 6.07 Å². The molecule has 0 aliphatic rings. The quantitative estimate of drug-likeness (QED) is 0.784. The molecule has 0 saturated heterocycles. The van der Waals surface area contributed by atoms with Crippen LogP contribution in [0.1, 0.15) is 12.5 Å². The highest BCUT2D eigenvalue weighted by Crippen LogP contribution is 2.21. The van der Waals surface area contributed by atoms with Crippen molar-refractivity contribution in [3.63, 3.8) is 0 Å². The summed E-state index contributed by atoms with van der Waals surface area (Å²) in [5, 5.41) is 4.49. The molecule has 0 saturated carbocycles. The van der Waals surface area contributed by atoms with Gasteiger partial charge in [-0.1, -0.05) is 40.9 Å². The zero-order valence-electron chi connectivity index (χ0n) is 13.6. The Labute approximate surface area is 161 Å². The lowest BCUT2D eigenvalue weighted by Gasteiger charge is -2.20. The van der Waals surface area contributed by atoms with Crippen LogP contribution in [0.25, 0.3) is 0 Å². The zero-order valence-corrected chi connectivity index (χ0v) is 15.8. The molecule has 0 bridgehead atoms. The third-order valence-electron chi connectivity index (χ3n) is 3.55. The molecular weight excluding hydrogens is 383 g/mol. The number of hydrogen-bond donors (Lipinski definition) is 1. The Balaban J connectivity index is 1.91. The molecule has 0 unspecified atom stereocenters. The lowest BCUT2D eigenvalue weighted by Crippen LogP contribution is -2.40. The molecule has 1 N–H and O–H groups in total. The van der Waals surface area contributed by atoms with Crippen molar-refractivity contribution in [3.8, 4) is 0 Å². The van der Waals surface area contributed by atoms with Crippen LogP contribution in [-0.4, -0.2) is 24.9 Å². The van der Waals surface area contributed by atoms with Gasteiger partial charge in [0.1, 0.15) is 6.54 Å². The summed E-state index contributed by atoms with van der Waals surface area (Å²) in [6.45, 7) is 1.76. The van der Waals surface area contributed by atoms with Crippen LogP contribution in [-0.2, 0) is 16.0 Å². The first kappa shape index (κ1) is 19.6. The minimum absolute atomic E-state index is 0.0642. The van der Waals surface area contributed by atoms with Gasteiger partial charge in [0.2, 0.25) is 11.8 Å². The molecule has 0 heterocycles. The third-order valence-corrected chi connectivity index (χ3v) is 4.39. The highest BCUT2D eigenvalue weighted by molar-refractivity contribution is 6.35. The summed E-state index contributed by atoms with van der Waals surface area (Å²) < 4.78 is 0. The summed E-state index contributed by atoms with van der Waals surface area (Å²) in [4.78, 5) is 25.4. The second kappa shape index (κ2) is 9.09. The fourth-order valence-corrected chi connectivity index (χ4v) is 2.89. The number of carbonyl (C=O) groups is 2. The molecule has 7 heteroatoms. The number of halogens is 3. The van der Waals surface area contributed by atoms with Crippen LogP contribution in [0.2, 0.25) is 15.1 Å². The van der Waals surface area contributed by atoms with Crippen LogP contribution < -0.4 is 10.2 Å². The van der Waals surface area contributed by atoms with Crippen molar-refractivity contribution >= 4 is 52.3 Å². The molecule has 0 aliphatic heterocycles. The molecule has 2 rings (SSSR count). The topological polar surface area (TPSA) is 49.4 Å². The van der Waals surface area contributed by atoms with Gasteiger partial charge in [0, 0.05) is 34.2 Å². The molecule has 2 aromatic carbocycles. The number of nitrogens with one attached hydrogen (secondary N) is 1. The maximum Gasteiger partial charge on any atom is 0.240 e. The zero-order chi connectivity index (χ0) is 18.4. The first-order valence-electron chi connectivity index (χ1n) is 7.61. The van der Waals surface area contributed by atoms with Gasteiger partial charge in [-0.3, -0.25) is 9.59 Å². The lowest BCUT2D eigenvalue weighted by atomic mass is 10.1. The molecule has 132 valence electrons. The second-order valence-electron chi connectivity index (χ2n) is 5.42. The average molecular weight is 400 g/mol. The molecule has 0 fully saturated rings. The van der Waals surface area contributed by atoms with Crippen LogP contribution in [0.15, 0.2) is 42.5 Å². The van der Waals surface area contributed by atoms with Crippen molar-refractivity contribution in [2.45, 2.75) is 13.3 Å². The third kappa shape index (κ3) is 5.92. The van der Waals surface area contributed by atoms with Crippen LogP contribution in [0.4, 0.5) is 5.69 Å². The van der Waals surface area contributed by atoms with Gasteiger partial charge in [0.05, 0.1) is 0 Å². The van der Waals surface area contributed by atoms with Crippen molar-refractivity contribution in [2.75, 3.05) is 18.0 Å². The number of hydrogen-bond acceptors (Lipinski definition) is 2. The summed E-state index contributed by atoms with van der Waals surface area (Å²) >= 11 is 17.8. The molecule has 0 radical (unpaired) electrons. The maximum absolute atomic E-state index is 12.1. The Kier molecular flexibility index (Phi) is 7.12. The van der Waals surface area contributed by atoms with Crippen LogP contribution in [0, 0.1) is 0 Å². The Hall–Kier alpha value is -1.75. The van der Waals surface area contributed by atoms with Crippen molar-refractivity contribution in [3.05, 3.63) is 63.1 Å². The van der Waals surface area contributed by atoms with Gasteiger partial charge in [0.15, 0.2) is 0 Å². The summed E-state index contributed by atoms with van der Waals surface area (Å²) in [6, 6.07) is 12.0. The second-order valence-corrected chi connectivity index (χ2v) is 6.70. The van der Waals surface area contributed by atoms with E-state index in [0.717, 1.165) is 5.56 Å². The number of rotatable bonds is 6. The average Bonchev–Trinajstić information content (AvgIpc) is 2.55. The maximum atomic E-state index is 12.1. The van der Waals surface area contributed by atoms with Crippen molar-refractivity contribution in [2.24, 2.45) is 0 Å². The lowest BCUT2D eigenvalue weighted by molar-refractivity contribution is -0.123. The van der Waals surface area contributed by atoms with Gasteiger partial charge in [0.25, 0.3) is 0 Å². The van der Waals surface area contributed by atoms with Gasteiger partial charge in [-0.2, -0.15) is 0 Å². The van der Waals surface area contributed by atoms with E-state index in [9.17, 15) is 9.59 Å². The van der Waals surface area contributed by atoms with Crippen molar-refractivity contribution in [1.29, 1.82) is 0 Å². The molecule has 0 aliphatic carbocycles. The van der Waals surface area contributed by atoms with E-state index in [4.69, 9.17) is 34.8 Å². The molecule has 2 amide bonds. The Morgan fingerprint density at radius 3 is 2.24 bits per heavy atom. The molecule has 25 heavy (non-hydrogen) atoms. The Morgan fingerprint density at radius 1 is 1.00 bits per heavy atom. The Bertz CT molecular complexity index is 763. The fourth-order valence-electron chi connectivity index (χ4n) is 2.27. The predicted octanol–water partition coefficient (Wildman–Crippen LogP) is 4.36. The van der Waals surface area contributed by atoms with Gasteiger partial charge in [-0.15, -0.1) is 0 Å². The minimum Gasteiger partial charge on any atom is -0.354 e. The largest absolute Gasteiger partial charge is 0.354 e. The molecule has 0 spiro atoms. The molecule has 0 atom stereocenters. The summed E-state index contributed by atoms with van der Waals surface area (Å²) in [5.41, 5.74) is 1.51. The SMILES string of the molecule is CC(=O)N(CC(=O)NCCc1ccc(Cl)cc1Cl)c1ccc(Cl)cc1. The Morgan fingerprint density at radius 2 is 1.64 bits per heavy atom. The van der Waals surface area contributed by atoms with E-state index in [1.54, 1.807) is 36.4 Å². The van der Waals surface area contributed by atoms with Gasteiger partial charge in [-0.25, -0.2) is 0 Å². The molecule has 0 aromatic heterocycles. The summed E-state index contributed by atoms with van der Waals surface area (Å²) in [7, 11) is 0. The van der Waals surface area contributed by atoms with Gasteiger partial charge >= 0.3 is 0 Å². The van der Waals surface area contributed by atoms with E-state index in [2.05, 4.69) is 5.32 Å². The summed E-state index contributed by atoms with van der Waals surface area (Å²) in [6.07, 6.45) is 0.572. The fraction of sp³-hybridized carbons (Fsp3) is 0.222. The van der Waals surface area contributed by atoms with E-state index in [0.29, 0.717) is 33.7 Å². The number of anilines is 1. The van der Waals surface area contributed by atoms with E-state index < -0.39 is 0 Å². The first-order chi connectivity index (χ1) is 11.9. The number of nitrogens with zero attached hydrogens (tertiary/aromatic N) is 1. The van der Waals surface area contributed by atoms with Crippen LogP contribution in [0.5, 0.6) is 0 Å². The van der Waals surface area contributed by atoms with Crippen LogP contribution >= 0.6 is 34.8 Å². The van der Waals surface area contributed by atoms with Gasteiger partial charge in [-0.05, 0) is 48.4 Å². The number of benzene rings is 2. The summed E-state index contributed by atoms with van der Waals surface area (Å²) in [5.74, 6) is -0.478. The monoisotopic (exact) mass is 398 g/mol. The van der Waals surface area contributed by atoms with E-state index >= 15 is 0 Å². The minimum atomic E-state index is -0.254. The molecule has 4 nitrogen and oxygen atoms in total. The number of amides is 2. The van der Waals surface area contributed by atoms with Crippen molar-refractivity contribution in [1.82, 2.24) is 5.32 Å².